The van der Waals surface area contributed by atoms with Crippen LogP contribution >= 0.6 is 0 Å². The van der Waals surface area contributed by atoms with E-state index in [-0.39, 0.29) is 23.2 Å². The third-order valence-electron chi connectivity index (χ3n) is 5.98. The largest absolute Gasteiger partial charge is 0.456 e. The third-order valence-corrected chi connectivity index (χ3v) is 12.1. The van der Waals surface area contributed by atoms with Gasteiger partial charge >= 0.3 is 23.9 Å². The molecule has 5 atom stereocenters. The van der Waals surface area contributed by atoms with E-state index in [0.717, 1.165) is 6.92 Å². The van der Waals surface area contributed by atoms with Crippen LogP contribution in [0, 0.1) is 0 Å². The molecule has 1 fully saturated rings. The molecule has 1 saturated heterocycles. The van der Waals surface area contributed by atoms with Gasteiger partial charge in [0.05, 0.1) is 6.61 Å². The summed E-state index contributed by atoms with van der Waals surface area (Å²) in [5, 5.41) is 0. The molecule has 0 spiro atoms. The van der Waals surface area contributed by atoms with Crippen LogP contribution in [0.15, 0.2) is 0 Å². The monoisotopic (exact) mass is 504 g/mol. The summed E-state index contributed by atoms with van der Waals surface area (Å²) in [7, 11) is -2.35. The summed E-state index contributed by atoms with van der Waals surface area (Å²) in [5.74, 6) is -2.75. The smallest absolute Gasteiger partial charge is 0.305 e. The van der Waals surface area contributed by atoms with E-state index in [4.69, 9.17) is 28.1 Å². The molecule has 1 aliphatic heterocycles. The highest BCUT2D eigenvalue weighted by molar-refractivity contribution is 6.77. The van der Waals surface area contributed by atoms with E-state index in [2.05, 4.69) is 41.5 Å². The van der Waals surface area contributed by atoms with Gasteiger partial charge in [0, 0.05) is 27.7 Å². The van der Waals surface area contributed by atoms with Gasteiger partial charge in [-0.25, -0.2) is 0 Å². The van der Waals surface area contributed by atoms with Crippen molar-refractivity contribution in [2.24, 2.45) is 0 Å². The lowest BCUT2D eigenvalue weighted by Gasteiger charge is -2.46. The van der Waals surface area contributed by atoms with E-state index < -0.39 is 62.9 Å². The molecule has 0 aromatic carbocycles. The SMILES string of the molecule is CC(=O)OC1[C@@H](OC(C)=O)OC(CO[Si](C(C)C)(C(C)C)C(C)C)[C@@H](OC(C)=O)[C@H]1OC(C)=O. The molecule has 0 N–H and O–H groups in total. The maximum Gasteiger partial charge on any atom is 0.305 e. The second-order valence-electron chi connectivity index (χ2n) is 9.50. The minimum Gasteiger partial charge on any atom is -0.456 e. The summed E-state index contributed by atoms with van der Waals surface area (Å²) in [6.07, 6.45) is -6.11. The lowest BCUT2D eigenvalue weighted by molar-refractivity contribution is -0.299. The van der Waals surface area contributed by atoms with E-state index in [1.54, 1.807) is 0 Å². The lowest BCUT2D eigenvalue weighted by Crippen LogP contribution is -2.63. The van der Waals surface area contributed by atoms with Crippen LogP contribution < -0.4 is 0 Å². The molecule has 11 heteroatoms. The Kier molecular flexibility index (Phi) is 11.2. The highest BCUT2D eigenvalue weighted by Crippen LogP contribution is 2.43. The molecular weight excluding hydrogens is 464 g/mol. The normalized spacial score (nSPS) is 25.3. The zero-order chi connectivity index (χ0) is 26.4. The number of carbonyl (C=O) groups is 4. The summed E-state index contributed by atoms with van der Waals surface area (Å²) in [6, 6.07) is 0. The molecule has 0 aromatic rings. The molecule has 0 amide bonds. The molecule has 10 nitrogen and oxygen atoms in total. The van der Waals surface area contributed by atoms with Crippen molar-refractivity contribution >= 4 is 32.2 Å². The van der Waals surface area contributed by atoms with Crippen molar-refractivity contribution in [3.05, 3.63) is 0 Å². The van der Waals surface area contributed by atoms with Gasteiger partial charge in [-0.05, 0) is 16.6 Å². The van der Waals surface area contributed by atoms with Crippen LogP contribution in [-0.4, -0.2) is 69.5 Å². The Balaban J connectivity index is 3.47. The van der Waals surface area contributed by atoms with Crippen LogP contribution in [0.5, 0.6) is 0 Å². The Morgan fingerprint density at radius 1 is 0.647 bits per heavy atom. The Labute approximate surface area is 203 Å². The fourth-order valence-corrected chi connectivity index (χ4v) is 10.4. The number of carbonyl (C=O) groups excluding carboxylic acids is 4. The van der Waals surface area contributed by atoms with Gasteiger partial charge in [0.25, 0.3) is 0 Å². The predicted octanol–water partition coefficient (Wildman–Crippen LogP) is 3.26. The molecule has 0 bridgehead atoms. The van der Waals surface area contributed by atoms with Gasteiger partial charge in [0.2, 0.25) is 12.4 Å². The number of hydrogen-bond donors (Lipinski definition) is 0. The Bertz CT molecular complexity index is 713. The highest BCUT2D eigenvalue weighted by atomic mass is 28.4. The number of rotatable bonds is 10. The fourth-order valence-electron chi connectivity index (χ4n) is 4.97. The Morgan fingerprint density at radius 2 is 1.03 bits per heavy atom. The summed E-state index contributed by atoms with van der Waals surface area (Å²) in [4.78, 5) is 47.4. The number of esters is 4. The Hall–Kier alpha value is -1.98. The lowest BCUT2D eigenvalue weighted by atomic mass is 9.98. The van der Waals surface area contributed by atoms with Gasteiger partial charge in [0.1, 0.15) is 6.10 Å². The first-order valence-corrected chi connectivity index (χ1v) is 13.8. The molecule has 0 radical (unpaired) electrons. The topological polar surface area (TPSA) is 124 Å². The molecule has 1 rings (SSSR count). The van der Waals surface area contributed by atoms with Gasteiger partial charge in [-0.2, -0.15) is 0 Å². The maximum atomic E-state index is 12.0. The quantitative estimate of drug-likeness (QED) is 0.249. The molecule has 0 saturated carbocycles. The van der Waals surface area contributed by atoms with E-state index in [0.29, 0.717) is 0 Å². The second kappa shape index (κ2) is 12.6. The average Bonchev–Trinajstić information content (AvgIpc) is 2.65. The first-order chi connectivity index (χ1) is 15.6. The van der Waals surface area contributed by atoms with Crippen molar-refractivity contribution in [3.63, 3.8) is 0 Å². The zero-order valence-electron chi connectivity index (χ0n) is 21.9. The molecule has 1 heterocycles. The number of ether oxygens (including phenoxy) is 5. The van der Waals surface area contributed by atoms with Gasteiger partial charge in [-0.1, -0.05) is 41.5 Å². The molecule has 0 aromatic heterocycles. The summed E-state index contributed by atoms with van der Waals surface area (Å²) >= 11 is 0. The van der Waals surface area contributed by atoms with Crippen molar-refractivity contribution in [2.45, 2.75) is 117 Å². The van der Waals surface area contributed by atoms with Gasteiger partial charge < -0.3 is 28.1 Å². The fraction of sp³-hybridized carbons (Fsp3) is 0.826. The van der Waals surface area contributed by atoms with Crippen LogP contribution in [0.1, 0.15) is 69.2 Å². The first-order valence-electron chi connectivity index (χ1n) is 11.6. The van der Waals surface area contributed by atoms with Crippen molar-refractivity contribution in [3.8, 4) is 0 Å². The van der Waals surface area contributed by atoms with Crippen molar-refractivity contribution in [2.75, 3.05) is 6.61 Å². The summed E-state index contributed by atoms with van der Waals surface area (Å²) in [5.41, 5.74) is 0.807. The van der Waals surface area contributed by atoms with Gasteiger partial charge in [-0.3, -0.25) is 19.2 Å². The standard InChI is InChI=1S/C23H40O10Si/c1-12(2)34(13(3)4,14(5)6)28-11-19-20(29-15(7)24)21(30-16(8)25)22(31-17(9)26)23(33-19)32-18(10)27/h12-14,19-23H,11H2,1-10H3/t19?,20-,21-,22?,23+/m1/s1. The average molecular weight is 505 g/mol. The maximum absolute atomic E-state index is 12.0. The highest BCUT2D eigenvalue weighted by Gasteiger charge is 2.54. The second-order valence-corrected chi connectivity index (χ2v) is 15.0. The summed E-state index contributed by atoms with van der Waals surface area (Å²) in [6.45, 7) is 17.4. The van der Waals surface area contributed by atoms with Gasteiger partial charge in [-0.15, -0.1) is 0 Å². The van der Waals surface area contributed by atoms with E-state index in [1.807, 2.05) is 0 Å². The van der Waals surface area contributed by atoms with Crippen LogP contribution in [-0.2, 0) is 47.3 Å². The van der Waals surface area contributed by atoms with Crippen molar-refractivity contribution < 1.29 is 47.3 Å². The third kappa shape index (κ3) is 7.51. The van der Waals surface area contributed by atoms with E-state index >= 15 is 0 Å². The van der Waals surface area contributed by atoms with Crippen molar-refractivity contribution in [1.29, 1.82) is 0 Å². The Morgan fingerprint density at radius 3 is 1.41 bits per heavy atom. The zero-order valence-corrected chi connectivity index (χ0v) is 22.9. The molecule has 34 heavy (non-hydrogen) atoms. The predicted molar refractivity (Wildman–Crippen MR) is 124 cm³/mol. The van der Waals surface area contributed by atoms with Gasteiger partial charge in [0.15, 0.2) is 20.5 Å². The van der Waals surface area contributed by atoms with E-state index in [9.17, 15) is 19.2 Å². The van der Waals surface area contributed by atoms with Crippen molar-refractivity contribution in [1.82, 2.24) is 0 Å². The van der Waals surface area contributed by atoms with Crippen LogP contribution in [0.25, 0.3) is 0 Å². The minimum atomic E-state index is -2.35. The molecule has 0 aliphatic carbocycles. The van der Waals surface area contributed by atoms with Crippen LogP contribution in [0.2, 0.25) is 16.6 Å². The first kappa shape index (κ1) is 30.0. The molecule has 1 aliphatic rings. The molecule has 2 unspecified atom stereocenters. The van der Waals surface area contributed by atoms with Crippen LogP contribution in [0.4, 0.5) is 0 Å². The number of hydrogen-bond acceptors (Lipinski definition) is 10. The molecular formula is C23H40O10Si. The van der Waals surface area contributed by atoms with E-state index in [1.165, 1.54) is 20.8 Å². The summed E-state index contributed by atoms with van der Waals surface area (Å²) < 4.78 is 34.1. The minimum absolute atomic E-state index is 0.00102. The van der Waals surface area contributed by atoms with Crippen LogP contribution in [0.3, 0.4) is 0 Å². The molecule has 196 valence electrons.